The van der Waals surface area contributed by atoms with Crippen LogP contribution in [-0.4, -0.2) is 38.5 Å². The zero-order valence-electron chi connectivity index (χ0n) is 15.5. The predicted molar refractivity (Wildman–Crippen MR) is 94.5 cm³/mol. The van der Waals surface area contributed by atoms with Crippen molar-refractivity contribution >= 4 is 28.9 Å². The summed E-state index contributed by atoms with van der Waals surface area (Å²) in [5, 5.41) is 7.88. The lowest BCUT2D eigenvalue weighted by molar-refractivity contribution is -0.134. The number of hydrazine groups is 1. The minimum absolute atomic E-state index is 0.243. The van der Waals surface area contributed by atoms with Crippen LogP contribution in [0.4, 0.5) is 4.79 Å². The topological polar surface area (TPSA) is 117 Å². The Hall–Kier alpha value is -2.97. The van der Waals surface area contributed by atoms with Gasteiger partial charge in [0.2, 0.25) is 0 Å². The largest absolute Gasteiger partial charge is 0.344 e. The van der Waals surface area contributed by atoms with Gasteiger partial charge in [-0.25, -0.2) is 9.78 Å². The number of nitrogens with one attached hydrogen (secondary N) is 2. The maximum absolute atomic E-state index is 12.9. The molecule has 2 N–H and O–H groups in total. The van der Waals surface area contributed by atoms with Crippen LogP contribution in [0.5, 0.6) is 0 Å². The van der Waals surface area contributed by atoms with Crippen molar-refractivity contribution in [3.05, 3.63) is 23.0 Å². The molecule has 27 heavy (non-hydrogen) atoms. The number of carbonyl (C=O) groups excluding carboxylic acids is 3. The Morgan fingerprint density at radius 2 is 2.04 bits per heavy atom. The fraction of sp³-hybridized carbons (Fsp3) is 0.500. The van der Waals surface area contributed by atoms with E-state index in [1.54, 1.807) is 19.9 Å². The van der Waals surface area contributed by atoms with Crippen LogP contribution in [0.3, 0.4) is 0 Å². The Labute approximate surface area is 155 Å². The zero-order valence-corrected chi connectivity index (χ0v) is 15.5. The van der Waals surface area contributed by atoms with Gasteiger partial charge in [0.05, 0.1) is 16.6 Å². The first-order chi connectivity index (χ1) is 12.8. The molecule has 3 heterocycles. The molecular formula is C18H21N5O4. The van der Waals surface area contributed by atoms with Crippen molar-refractivity contribution in [2.45, 2.75) is 52.0 Å². The van der Waals surface area contributed by atoms with Crippen molar-refractivity contribution in [2.24, 2.45) is 5.92 Å². The number of aromatic nitrogens is 2. The number of hydrogen-bond acceptors (Lipinski definition) is 6. The van der Waals surface area contributed by atoms with Gasteiger partial charge in [-0.2, -0.15) is 5.01 Å². The summed E-state index contributed by atoms with van der Waals surface area (Å²) in [4.78, 5) is 42.3. The molecule has 0 unspecified atom stereocenters. The molecule has 4 amide bonds. The Kier molecular flexibility index (Phi) is 3.90. The van der Waals surface area contributed by atoms with Crippen LogP contribution in [0.15, 0.2) is 10.6 Å². The van der Waals surface area contributed by atoms with Gasteiger partial charge >= 0.3 is 6.03 Å². The number of hydrogen-bond donors (Lipinski definition) is 2. The van der Waals surface area contributed by atoms with E-state index < -0.39 is 23.4 Å². The summed E-state index contributed by atoms with van der Waals surface area (Å²) >= 11 is 0. The summed E-state index contributed by atoms with van der Waals surface area (Å²) in [5.74, 6) is -0.466. The van der Waals surface area contributed by atoms with Gasteiger partial charge in [-0.1, -0.05) is 12.1 Å². The summed E-state index contributed by atoms with van der Waals surface area (Å²) < 4.78 is 5.13. The molecule has 1 aliphatic carbocycles. The standard InChI is InChI=1S/C18H21N5O4/c1-9-4-6-18(7-5-9)16(25)23(17(26)20-18)21-14(24)12-8-10(2)19-15-13(12)11(3)22-27-15/h8-9H,4-7H2,1-3H3,(H,20,26)(H,21,24). The molecule has 142 valence electrons. The first kappa shape index (κ1) is 17.4. The lowest BCUT2D eigenvalue weighted by Gasteiger charge is -2.33. The van der Waals surface area contributed by atoms with Crippen LogP contribution in [0, 0.1) is 19.8 Å². The van der Waals surface area contributed by atoms with Crippen LogP contribution in [0.2, 0.25) is 0 Å². The van der Waals surface area contributed by atoms with E-state index in [-0.39, 0.29) is 11.3 Å². The summed E-state index contributed by atoms with van der Waals surface area (Å²) in [5.41, 5.74) is 3.12. The fourth-order valence-corrected chi connectivity index (χ4v) is 3.87. The number of nitrogens with zero attached hydrogens (tertiary/aromatic N) is 3. The molecule has 2 fully saturated rings. The van der Waals surface area contributed by atoms with Crippen LogP contribution in [-0.2, 0) is 4.79 Å². The van der Waals surface area contributed by atoms with Gasteiger partial charge in [0.25, 0.3) is 17.5 Å². The smallest absolute Gasteiger partial charge is 0.336 e. The highest BCUT2D eigenvalue weighted by Gasteiger charge is 2.53. The quantitative estimate of drug-likeness (QED) is 0.780. The second kappa shape index (κ2) is 6.04. The first-order valence-corrected chi connectivity index (χ1v) is 9.02. The number of fused-ring (bicyclic) bond motifs is 1. The molecule has 0 atom stereocenters. The number of rotatable bonds is 2. The summed E-state index contributed by atoms with van der Waals surface area (Å²) in [6.45, 7) is 5.55. The van der Waals surface area contributed by atoms with E-state index in [1.165, 1.54) is 0 Å². The number of urea groups is 1. The van der Waals surface area contributed by atoms with E-state index in [0.29, 0.717) is 35.5 Å². The molecule has 0 aromatic carbocycles. The van der Waals surface area contributed by atoms with Crippen molar-refractivity contribution in [3.8, 4) is 0 Å². The molecule has 1 aliphatic heterocycles. The molecule has 2 aromatic heterocycles. The minimum Gasteiger partial charge on any atom is -0.336 e. The van der Waals surface area contributed by atoms with Crippen LogP contribution >= 0.6 is 0 Å². The van der Waals surface area contributed by atoms with Crippen LogP contribution < -0.4 is 10.7 Å². The second-order valence-electron chi connectivity index (χ2n) is 7.54. The average Bonchev–Trinajstić information content (AvgIpc) is 3.10. The van der Waals surface area contributed by atoms with Gasteiger partial charge in [-0.3, -0.25) is 15.0 Å². The van der Waals surface area contributed by atoms with Gasteiger partial charge in [0.1, 0.15) is 5.54 Å². The summed E-state index contributed by atoms with van der Waals surface area (Å²) in [7, 11) is 0. The van der Waals surface area contributed by atoms with Crippen molar-refractivity contribution in [1.29, 1.82) is 0 Å². The van der Waals surface area contributed by atoms with Gasteiger partial charge in [-0.15, -0.1) is 0 Å². The first-order valence-electron chi connectivity index (χ1n) is 9.02. The molecule has 0 bridgehead atoms. The van der Waals surface area contributed by atoms with Crippen LogP contribution in [0.25, 0.3) is 11.1 Å². The van der Waals surface area contributed by atoms with E-state index in [1.807, 2.05) is 0 Å². The maximum atomic E-state index is 12.9. The molecule has 1 spiro atoms. The Morgan fingerprint density at radius 1 is 1.33 bits per heavy atom. The third-order valence-corrected chi connectivity index (χ3v) is 5.49. The SMILES string of the molecule is Cc1cc(C(=O)NN2C(=O)NC3(CCC(C)CC3)C2=O)c2c(C)noc2n1. The van der Waals surface area contributed by atoms with E-state index in [9.17, 15) is 14.4 Å². The molecule has 1 saturated carbocycles. The predicted octanol–water partition coefficient (Wildman–Crippen LogP) is 1.99. The van der Waals surface area contributed by atoms with E-state index >= 15 is 0 Å². The molecule has 2 aromatic rings. The molecule has 0 radical (unpaired) electrons. The third kappa shape index (κ3) is 2.73. The number of imide groups is 1. The van der Waals surface area contributed by atoms with E-state index in [0.717, 1.165) is 17.9 Å². The molecular weight excluding hydrogens is 350 g/mol. The maximum Gasteiger partial charge on any atom is 0.344 e. The third-order valence-electron chi connectivity index (χ3n) is 5.49. The van der Waals surface area contributed by atoms with Gasteiger partial charge in [0.15, 0.2) is 0 Å². The van der Waals surface area contributed by atoms with Crippen molar-refractivity contribution in [1.82, 2.24) is 25.9 Å². The molecule has 4 rings (SSSR count). The number of carbonyl (C=O) groups is 3. The minimum atomic E-state index is -0.909. The Balaban J connectivity index is 1.61. The summed E-state index contributed by atoms with van der Waals surface area (Å²) in [6, 6.07) is 0.977. The number of pyridine rings is 1. The van der Waals surface area contributed by atoms with Crippen molar-refractivity contribution < 1.29 is 18.9 Å². The molecule has 9 nitrogen and oxygen atoms in total. The fourth-order valence-electron chi connectivity index (χ4n) is 3.87. The average molecular weight is 371 g/mol. The van der Waals surface area contributed by atoms with E-state index in [2.05, 4.69) is 27.8 Å². The van der Waals surface area contributed by atoms with Crippen molar-refractivity contribution in [2.75, 3.05) is 0 Å². The Morgan fingerprint density at radius 3 is 2.74 bits per heavy atom. The highest BCUT2D eigenvalue weighted by molar-refractivity contribution is 6.11. The van der Waals surface area contributed by atoms with E-state index in [4.69, 9.17) is 4.52 Å². The molecule has 9 heteroatoms. The number of aryl methyl sites for hydroxylation is 2. The molecule has 1 saturated heterocycles. The molecule has 2 aliphatic rings. The second-order valence-corrected chi connectivity index (χ2v) is 7.54. The summed E-state index contributed by atoms with van der Waals surface area (Å²) in [6.07, 6.45) is 2.87. The van der Waals surface area contributed by atoms with Crippen LogP contribution in [0.1, 0.15) is 54.4 Å². The van der Waals surface area contributed by atoms with Gasteiger partial charge < -0.3 is 9.84 Å². The zero-order chi connectivity index (χ0) is 19.3. The monoisotopic (exact) mass is 371 g/mol. The number of amides is 4. The Bertz CT molecular complexity index is 958. The lowest BCUT2D eigenvalue weighted by atomic mass is 9.77. The normalized spacial score (nSPS) is 25.3. The van der Waals surface area contributed by atoms with Gasteiger partial charge in [-0.05, 0) is 51.5 Å². The van der Waals surface area contributed by atoms with Crippen molar-refractivity contribution in [3.63, 3.8) is 0 Å². The highest BCUT2D eigenvalue weighted by Crippen LogP contribution is 2.36. The lowest BCUT2D eigenvalue weighted by Crippen LogP contribution is -2.51. The highest BCUT2D eigenvalue weighted by atomic mass is 16.5. The van der Waals surface area contributed by atoms with Gasteiger partial charge in [0, 0.05) is 5.69 Å².